The molecule has 0 unspecified atom stereocenters. The lowest BCUT2D eigenvalue weighted by molar-refractivity contribution is 0.351. The van der Waals surface area contributed by atoms with Crippen LogP contribution < -0.4 is 5.73 Å². The number of hydrogen-bond acceptors (Lipinski definition) is 1. The van der Waals surface area contributed by atoms with Crippen LogP contribution in [0.5, 0.6) is 0 Å². The van der Waals surface area contributed by atoms with E-state index in [-0.39, 0.29) is 0 Å². The summed E-state index contributed by atoms with van der Waals surface area (Å²) in [6.07, 6.45) is 2.34. The molecule has 1 aromatic rings. The highest BCUT2D eigenvalue weighted by Crippen LogP contribution is 2.35. The topological polar surface area (TPSA) is 26.0 Å². The first-order valence-corrected chi connectivity index (χ1v) is 5.52. The van der Waals surface area contributed by atoms with Gasteiger partial charge in [0.25, 0.3) is 0 Å². The molecule has 0 amide bonds. The molecular weight excluding hydrogens is 170 g/mol. The summed E-state index contributed by atoms with van der Waals surface area (Å²) in [5, 5.41) is 0. The fourth-order valence-corrected chi connectivity index (χ4v) is 2.09. The van der Waals surface area contributed by atoms with Gasteiger partial charge in [0.1, 0.15) is 0 Å². The maximum Gasteiger partial charge on any atom is 0.00504 e. The molecule has 1 aliphatic rings. The van der Waals surface area contributed by atoms with Gasteiger partial charge in [0.15, 0.2) is 0 Å². The van der Waals surface area contributed by atoms with Crippen LogP contribution >= 0.6 is 0 Å². The Hall–Kier alpha value is -0.820. The first-order valence-electron chi connectivity index (χ1n) is 5.52. The van der Waals surface area contributed by atoms with Gasteiger partial charge in [-0.2, -0.15) is 0 Å². The van der Waals surface area contributed by atoms with Crippen LogP contribution in [0, 0.1) is 0 Å². The van der Waals surface area contributed by atoms with E-state index >= 15 is 0 Å². The summed E-state index contributed by atoms with van der Waals surface area (Å²) in [6, 6.07) is 9.50. The van der Waals surface area contributed by atoms with E-state index in [1.54, 1.807) is 0 Å². The minimum Gasteiger partial charge on any atom is -0.328 e. The van der Waals surface area contributed by atoms with Crippen LogP contribution in [-0.2, 0) is 0 Å². The van der Waals surface area contributed by atoms with Crippen LogP contribution in [0.15, 0.2) is 24.3 Å². The van der Waals surface area contributed by atoms with Crippen LogP contribution in [0.1, 0.15) is 49.7 Å². The van der Waals surface area contributed by atoms with Gasteiger partial charge in [0.05, 0.1) is 0 Å². The van der Waals surface area contributed by atoms with Gasteiger partial charge in [-0.1, -0.05) is 38.1 Å². The Morgan fingerprint density at radius 1 is 1.14 bits per heavy atom. The largest absolute Gasteiger partial charge is 0.328 e. The smallest absolute Gasteiger partial charge is 0.00504 e. The van der Waals surface area contributed by atoms with Crippen molar-refractivity contribution < 1.29 is 0 Å². The highest BCUT2D eigenvalue weighted by Gasteiger charge is 2.26. The predicted molar refractivity (Wildman–Crippen MR) is 60.5 cm³/mol. The van der Waals surface area contributed by atoms with Crippen molar-refractivity contribution in [3.8, 4) is 0 Å². The first-order chi connectivity index (χ1) is 6.66. The normalized spacial score (nSPS) is 26.3. The molecule has 2 rings (SSSR count). The molecule has 0 bridgehead atoms. The number of benzene rings is 1. The molecule has 0 saturated heterocycles. The molecule has 0 radical (unpaired) electrons. The molecule has 0 heterocycles. The Labute approximate surface area is 86.3 Å². The molecule has 0 aromatic heterocycles. The SMILES string of the molecule is CC(C)c1ccc(C2CC(N)C2)cc1. The maximum absolute atomic E-state index is 5.78. The van der Waals surface area contributed by atoms with E-state index in [0.717, 1.165) is 5.92 Å². The van der Waals surface area contributed by atoms with E-state index in [4.69, 9.17) is 5.73 Å². The molecule has 14 heavy (non-hydrogen) atoms. The van der Waals surface area contributed by atoms with E-state index < -0.39 is 0 Å². The summed E-state index contributed by atoms with van der Waals surface area (Å²) in [4.78, 5) is 0. The van der Waals surface area contributed by atoms with Crippen molar-refractivity contribution >= 4 is 0 Å². The molecular formula is C13H19N. The Kier molecular flexibility index (Phi) is 2.60. The van der Waals surface area contributed by atoms with Gasteiger partial charge < -0.3 is 5.73 Å². The highest BCUT2D eigenvalue weighted by atomic mass is 14.7. The summed E-state index contributed by atoms with van der Waals surface area (Å²) in [5.74, 6) is 1.36. The highest BCUT2D eigenvalue weighted by molar-refractivity contribution is 5.28. The van der Waals surface area contributed by atoms with Gasteiger partial charge in [-0.3, -0.25) is 0 Å². The fraction of sp³-hybridized carbons (Fsp3) is 0.538. The van der Waals surface area contributed by atoms with Gasteiger partial charge in [-0.15, -0.1) is 0 Å². The summed E-state index contributed by atoms with van der Waals surface area (Å²) < 4.78 is 0. The van der Waals surface area contributed by atoms with E-state index in [2.05, 4.69) is 38.1 Å². The average Bonchev–Trinajstić information content (AvgIpc) is 2.13. The van der Waals surface area contributed by atoms with Gasteiger partial charge in [-0.25, -0.2) is 0 Å². The van der Waals surface area contributed by atoms with Crippen molar-refractivity contribution in [1.29, 1.82) is 0 Å². The number of rotatable bonds is 2. The Balaban J connectivity index is 2.07. The fourth-order valence-electron chi connectivity index (χ4n) is 2.09. The van der Waals surface area contributed by atoms with Crippen LogP contribution in [0.3, 0.4) is 0 Å². The summed E-state index contributed by atoms with van der Waals surface area (Å²) in [6.45, 7) is 4.46. The van der Waals surface area contributed by atoms with E-state index in [1.807, 2.05) is 0 Å². The lowest BCUT2D eigenvalue weighted by atomic mass is 9.76. The molecule has 0 atom stereocenters. The standard InChI is InChI=1S/C13H19N/c1-9(2)10-3-5-11(6-4-10)12-7-13(14)8-12/h3-6,9,12-13H,7-8,14H2,1-2H3. The quantitative estimate of drug-likeness (QED) is 0.760. The van der Waals surface area contributed by atoms with Crippen molar-refractivity contribution in [1.82, 2.24) is 0 Å². The number of nitrogens with two attached hydrogens (primary N) is 1. The minimum atomic E-state index is 0.449. The summed E-state index contributed by atoms with van der Waals surface area (Å²) in [5.41, 5.74) is 8.68. The Morgan fingerprint density at radius 3 is 2.14 bits per heavy atom. The zero-order chi connectivity index (χ0) is 10.1. The minimum absolute atomic E-state index is 0.449. The lowest BCUT2D eigenvalue weighted by Gasteiger charge is -2.32. The maximum atomic E-state index is 5.78. The van der Waals surface area contributed by atoms with Gasteiger partial charge in [-0.05, 0) is 35.8 Å². The van der Waals surface area contributed by atoms with E-state index in [1.165, 1.54) is 24.0 Å². The second-order valence-corrected chi connectivity index (χ2v) is 4.75. The van der Waals surface area contributed by atoms with Crippen LogP contribution in [0.4, 0.5) is 0 Å². The Bertz CT molecular complexity index is 294. The third-order valence-corrected chi connectivity index (χ3v) is 3.25. The van der Waals surface area contributed by atoms with Crippen molar-refractivity contribution in [3.63, 3.8) is 0 Å². The molecule has 1 nitrogen and oxygen atoms in total. The lowest BCUT2D eigenvalue weighted by Crippen LogP contribution is -2.34. The van der Waals surface area contributed by atoms with Crippen molar-refractivity contribution in [2.45, 2.75) is 44.6 Å². The number of hydrogen-bond donors (Lipinski definition) is 1. The van der Waals surface area contributed by atoms with Gasteiger partial charge in [0.2, 0.25) is 0 Å². The van der Waals surface area contributed by atoms with Gasteiger partial charge >= 0.3 is 0 Å². The van der Waals surface area contributed by atoms with E-state index in [0.29, 0.717) is 12.0 Å². The zero-order valence-electron chi connectivity index (χ0n) is 9.03. The first kappa shape index (κ1) is 9.72. The second kappa shape index (κ2) is 3.74. The predicted octanol–water partition coefficient (Wildman–Crippen LogP) is 3.01. The van der Waals surface area contributed by atoms with Crippen molar-refractivity contribution in [3.05, 3.63) is 35.4 Å². The average molecular weight is 189 g/mol. The molecule has 2 N–H and O–H groups in total. The molecule has 1 heteroatoms. The van der Waals surface area contributed by atoms with Gasteiger partial charge in [0, 0.05) is 6.04 Å². The third-order valence-electron chi connectivity index (χ3n) is 3.25. The molecule has 1 aromatic carbocycles. The molecule has 1 aliphatic carbocycles. The molecule has 0 aliphatic heterocycles. The Morgan fingerprint density at radius 2 is 1.71 bits per heavy atom. The van der Waals surface area contributed by atoms with Crippen LogP contribution in [0.25, 0.3) is 0 Å². The molecule has 0 spiro atoms. The van der Waals surface area contributed by atoms with Crippen molar-refractivity contribution in [2.75, 3.05) is 0 Å². The third kappa shape index (κ3) is 1.83. The monoisotopic (exact) mass is 189 g/mol. The summed E-state index contributed by atoms with van der Waals surface area (Å²) in [7, 11) is 0. The second-order valence-electron chi connectivity index (χ2n) is 4.75. The molecule has 1 fully saturated rings. The summed E-state index contributed by atoms with van der Waals surface area (Å²) >= 11 is 0. The van der Waals surface area contributed by atoms with Crippen LogP contribution in [0.2, 0.25) is 0 Å². The van der Waals surface area contributed by atoms with E-state index in [9.17, 15) is 0 Å². The molecule has 1 saturated carbocycles. The van der Waals surface area contributed by atoms with Crippen molar-refractivity contribution in [2.24, 2.45) is 5.73 Å². The molecule has 76 valence electrons. The zero-order valence-corrected chi connectivity index (χ0v) is 9.03. The van der Waals surface area contributed by atoms with Crippen LogP contribution in [-0.4, -0.2) is 6.04 Å².